The Morgan fingerprint density at radius 1 is 1.62 bits per heavy atom. The van der Waals surface area contributed by atoms with Gasteiger partial charge in [0, 0.05) is 4.73 Å². The first-order valence-corrected chi connectivity index (χ1v) is 4.64. The molecule has 0 heterocycles. The third-order valence-electron chi connectivity index (χ3n) is 1.63. The van der Waals surface area contributed by atoms with Crippen LogP contribution in [0.25, 0.3) is 0 Å². The van der Waals surface area contributed by atoms with Crippen LogP contribution in [0.3, 0.4) is 0 Å². The number of rotatable bonds is 2. The fraction of sp³-hybridized carbons (Fsp3) is 0.222. The van der Waals surface area contributed by atoms with Crippen molar-refractivity contribution in [2.24, 2.45) is 0 Å². The average Bonchev–Trinajstić information content (AvgIpc) is 2.17. The topological polar surface area (TPSA) is 26.3 Å². The van der Waals surface area contributed by atoms with Gasteiger partial charge in [0.2, 0.25) is 0 Å². The number of benzene rings is 1. The Hall–Kier alpha value is -0.765. The molecule has 2 nitrogen and oxygen atoms in total. The van der Waals surface area contributed by atoms with Crippen LogP contribution in [0.2, 0.25) is 0 Å². The quantitative estimate of drug-likeness (QED) is 0.448. The summed E-state index contributed by atoms with van der Waals surface area (Å²) in [6.45, 7) is 0. The van der Waals surface area contributed by atoms with Gasteiger partial charge in [0.25, 0.3) is 0 Å². The van der Waals surface area contributed by atoms with Gasteiger partial charge >= 0.3 is 5.97 Å². The summed E-state index contributed by atoms with van der Waals surface area (Å²) >= 11 is 3.21. The van der Waals surface area contributed by atoms with E-state index in [9.17, 15) is 4.79 Å². The number of hydrogen-bond acceptors (Lipinski definition) is 2. The molecular weight excluding hydrogens is 231 g/mol. The van der Waals surface area contributed by atoms with E-state index in [4.69, 9.17) is 7.85 Å². The second-order valence-electron chi connectivity index (χ2n) is 2.52. The Bertz CT molecular complexity index is 312. The van der Waals surface area contributed by atoms with Gasteiger partial charge in [-0.2, -0.15) is 0 Å². The van der Waals surface area contributed by atoms with E-state index in [1.807, 2.05) is 6.07 Å². The van der Waals surface area contributed by atoms with Gasteiger partial charge in [-0.25, -0.2) is 4.79 Å². The summed E-state index contributed by atoms with van der Waals surface area (Å²) in [7, 11) is 6.94. The highest BCUT2D eigenvalue weighted by Gasteiger charge is 2.07. The van der Waals surface area contributed by atoms with E-state index >= 15 is 0 Å². The molecule has 0 aromatic heterocycles. The van der Waals surface area contributed by atoms with Gasteiger partial charge in [0.1, 0.15) is 0 Å². The number of carbonyl (C=O) groups excluding carboxylic acids is 1. The molecule has 1 atom stereocenters. The predicted octanol–water partition coefficient (Wildman–Crippen LogP) is 2.04. The van der Waals surface area contributed by atoms with Gasteiger partial charge < -0.3 is 4.74 Å². The lowest BCUT2D eigenvalue weighted by molar-refractivity contribution is 0.0600. The SMILES string of the molecule is [B]C(Br)c1cccc(C(=O)OC)c1. The van der Waals surface area contributed by atoms with Gasteiger partial charge in [-0.05, 0) is 17.7 Å². The van der Waals surface area contributed by atoms with Gasteiger partial charge in [-0.3, -0.25) is 0 Å². The van der Waals surface area contributed by atoms with Crippen LogP contribution in [-0.2, 0) is 4.74 Å². The summed E-state index contributed by atoms with van der Waals surface area (Å²) in [5, 5.41) is 0. The van der Waals surface area contributed by atoms with Crippen LogP contribution in [0.1, 0.15) is 20.6 Å². The van der Waals surface area contributed by atoms with E-state index in [0.29, 0.717) is 5.56 Å². The van der Waals surface area contributed by atoms with E-state index in [1.165, 1.54) is 7.11 Å². The minimum absolute atomic E-state index is 0.253. The highest BCUT2D eigenvalue weighted by Crippen LogP contribution is 2.19. The van der Waals surface area contributed by atoms with Crippen LogP contribution >= 0.6 is 15.9 Å². The zero-order chi connectivity index (χ0) is 9.84. The van der Waals surface area contributed by atoms with Crippen LogP contribution in [0.5, 0.6) is 0 Å². The average molecular weight is 239 g/mol. The third kappa shape index (κ3) is 2.59. The van der Waals surface area contributed by atoms with Crippen LogP contribution in [0.15, 0.2) is 24.3 Å². The number of carbonyl (C=O) groups is 1. The normalized spacial score (nSPS) is 12.2. The maximum absolute atomic E-state index is 11.1. The largest absolute Gasteiger partial charge is 0.465 e. The smallest absolute Gasteiger partial charge is 0.337 e. The molecule has 0 aliphatic carbocycles. The molecule has 1 rings (SSSR count). The summed E-state index contributed by atoms with van der Waals surface area (Å²) in [5.74, 6) is -0.352. The van der Waals surface area contributed by atoms with Crippen LogP contribution < -0.4 is 0 Å². The maximum Gasteiger partial charge on any atom is 0.337 e. The van der Waals surface area contributed by atoms with Crippen LogP contribution in [0.4, 0.5) is 0 Å². The van der Waals surface area contributed by atoms with E-state index in [1.54, 1.807) is 18.2 Å². The molecule has 66 valence electrons. The summed E-state index contributed by atoms with van der Waals surface area (Å²) in [6.07, 6.45) is 0. The maximum atomic E-state index is 11.1. The molecule has 0 amide bonds. The second kappa shape index (κ2) is 4.47. The molecule has 0 fully saturated rings. The standard InChI is InChI=1S/C9H8BBrO2/c1-13-9(12)7-4-2-3-6(5-7)8(10)11/h2-5,8H,1H3. The first kappa shape index (κ1) is 10.3. The third-order valence-corrected chi connectivity index (χ3v) is 2.15. The minimum atomic E-state index is -0.352. The lowest BCUT2D eigenvalue weighted by atomic mass is 9.95. The van der Waals surface area contributed by atoms with Crippen molar-refractivity contribution in [2.75, 3.05) is 7.11 Å². The lowest BCUT2D eigenvalue weighted by Crippen LogP contribution is -2.02. The van der Waals surface area contributed by atoms with Crippen LogP contribution in [0, 0.1) is 0 Å². The Balaban J connectivity index is 2.98. The van der Waals surface area contributed by atoms with Gasteiger partial charge in [0.05, 0.1) is 20.5 Å². The lowest BCUT2D eigenvalue weighted by Gasteiger charge is -2.05. The summed E-state index contributed by atoms with van der Waals surface area (Å²) < 4.78 is 4.32. The molecule has 2 radical (unpaired) electrons. The van der Waals surface area contributed by atoms with Gasteiger partial charge in [-0.1, -0.05) is 28.1 Å². The molecule has 0 aliphatic rings. The van der Waals surface area contributed by atoms with Crippen molar-refractivity contribution in [2.45, 2.75) is 4.73 Å². The molecular formula is C9H8BBrO2. The zero-order valence-corrected chi connectivity index (χ0v) is 8.74. The molecule has 1 aromatic carbocycles. The summed E-state index contributed by atoms with van der Waals surface area (Å²) in [6, 6.07) is 6.99. The summed E-state index contributed by atoms with van der Waals surface area (Å²) in [4.78, 5) is 11.1. The fourth-order valence-electron chi connectivity index (χ4n) is 0.955. The van der Waals surface area contributed by atoms with E-state index in [-0.39, 0.29) is 10.7 Å². The molecule has 0 saturated heterocycles. The van der Waals surface area contributed by atoms with Crippen molar-refractivity contribution in [3.63, 3.8) is 0 Å². The second-order valence-corrected chi connectivity index (χ2v) is 3.51. The number of ether oxygens (including phenoxy) is 1. The number of halogens is 1. The first-order chi connectivity index (χ1) is 6.15. The zero-order valence-electron chi connectivity index (χ0n) is 7.16. The molecule has 0 saturated carbocycles. The number of esters is 1. The van der Waals surface area contributed by atoms with E-state index in [2.05, 4.69) is 20.7 Å². The number of methoxy groups -OCH3 is 1. The van der Waals surface area contributed by atoms with Gasteiger partial charge in [-0.15, -0.1) is 0 Å². The monoisotopic (exact) mass is 238 g/mol. The molecule has 1 unspecified atom stereocenters. The molecule has 13 heavy (non-hydrogen) atoms. The highest BCUT2D eigenvalue weighted by atomic mass is 79.9. The highest BCUT2D eigenvalue weighted by molar-refractivity contribution is 9.09. The Morgan fingerprint density at radius 2 is 2.31 bits per heavy atom. The van der Waals surface area contributed by atoms with Crippen molar-refractivity contribution in [1.29, 1.82) is 0 Å². The Labute approximate surface area is 86.8 Å². The van der Waals surface area contributed by atoms with Crippen molar-refractivity contribution in [1.82, 2.24) is 0 Å². The Morgan fingerprint density at radius 3 is 2.85 bits per heavy atom. The van der Waals surface area contributed by atoms with E-state index < -0.39 is 0 Å². The molecule has 0 spiro atoms. The van der Waals surface area contributed by atoms with Gasteiger partial charge in [0.15, 0.2) is 0 Å². The molecule has 0 N–H and O–H groups in total. The predicted molar refractivity (Wildman–Crippen MR) is 55.2 cm³/mol. The fourth-order valence-corrected chi connectivity index (χ4v) is 1.24. The summed E-state index contributed by atoms with van der Waals surface area (Å²) in [5.41, 5.74) is 1.36. The van der Waals surface area contributed by atoms with Crippen LogP contribution in [-0.4, -0.2) is 20.9 Å². The van der Waals surface area contributed by atoms with Crippen molar-refractivity contribution in [3.8, 4) is 0 Å². The van der Waals surface area contributed by atoms with Crippen molar-refractivity contribution >= 4 is 29.7 Å². The van der Waals surface area contributed by atoms with E-state index in [0.717, 1.165) is 5.56 Å². The van der Waals surface area contributed by atoms with Crippen molar-refractivity contribution < 1.29 is 9.53 Å². The first-order valence-electron chi connectivity index (χ1n) is 3.73. The number of hydrogen-bond donors (Lipinski definition) is 0. The molecule has 4 heteroatoms. The molecule has 1 aromatic rings. The minimum Gasteiger partial charge on any atom is -0.465 e. The van der Waals surface area contributed by atoms with Crippen molar-refractivity contribution in [3.05, 3.63) is 35.4 Å². The number of alkyl halides is 1. The molecule has 0 bridgehead atoms. The molecule has 0 aliphatic heterocycles. The Kier molecular flexibility index (Phi) is 3.54.